The second-order valence-electron chi connectivity index (χ2n) is 5.85. The number of carbonyl (C=O) groups is 3. The Hall–Kier alpha value is -1.71. The Morgan fingerprint density at radius 3 is 2.19 bits per heavy atom. The van der Waals surface area contributed by atoms with Crippen molar-refractivity contribution in [3.8, 4) is 0 Å². The molecule has 0 radical (unpaired) electrons. The topological polar surface area (TPSA) is 120 Å². The average molecular weight is 391 g/mol. The molecule has 0 saturated carbocycles. The Morgan fingerprint density at radius 2 is 1.48 bits per heavy atom. The number of carbonyl (C=O) groups excluding carboxylic acids is 2. The van der Waals surface area contributed by atoms with Crippen molar-refractivity contribution in [2.45, 2.75) is 45.4 Å². The fourth-order valence-electron chi connectivity index (χ4n) is 2.03. The van der Waals surface area contributed by atoms with E-state index >= 15 is 0 Å². The minimum absolute atomic E-state index is 0.186. The van der Waals surface area contributed by atoms with E-state index in [1.165, 1.54) is 12.8 Å². The highest BCUT2D eigenvalue weighted by Crippen LogP contribution is 2.05. The van der Waals surface area contributed by atoms with E-state index in [0.29, 0.717) is 39.4 Å². The zero-order valence-electron chi connectivity index (χ0n) is 16.2. The summed E-state index contributed by atoms with van der Waals surface area (Å²) in [5.41, 5.74) is 0. The Labute approximate surface area is 160 Å². The fraction of sp³-hybridized carbons (Fsp3) is 0.833. The van der Waals surface area contributed by atoms with Crippen molar-refractivity contribution in [1.82, 2.24) is 5.32 Å². The normalized spacial score (nSPS) is 10.6. The highest BCUT2D eigenvalue weighted by atomic mass is 16.6. The fourth-order valence-corrected chi connectivity index (χ4v) is 2.03. The molecule has 9 nitrogen and oxygen atoms in total. The van der Waals surface area contributed by atoms with Crippen LogP contribution in [0.25, 0.3) is 0 Å². The van der Waals surface area contributed by atoms with Crippen LogP contribution in [0.2, 0.25) is 0 Å². The zero-order valence-corrected chi connectivity index (χ0v) is 16.2. The van der Waals surface area contributed by atoms with Gasteiger partial charge in [-0.05, 0) is 6.42 Å². The summed E-state index contributed by atoms with van der Waals surface area (Å²) >= 11 is 0. The maximum atomic E-state index is 11.5. The molecule has 0 fully saturated rings. The molecule has 0 aromatic carbocycles. The van der Waals surface area contributed by atoms with Crippen LogP contribution in [0, 0.1) is 0 Å². The third-order valence-electron chi connectivity index (χ3n) is 3.37. The van der Waals surface area contributed by atoms with Gasteiger partial charge in [0, 0.05) is 13.0 Å². The number of carboxylic acid groups (broad SMARTS) is 1. The van der Waals surface area contributed by atoms with Crippen LogP contribution in [0.4, 0.5) is 0 Å². The van der Waals surface area contributed by atoms with E-state index in [1.54, 1.807) is 0 Å². The number of ether oxygens (including phenoxy) is 4. The van der Waals surface area contributed by atoms with Crippen LogP contribution in [0.1, 0.15) is 45.4 Å². The number of carboxylic acids is 1. The van der Waals surface area contributed by atoms with Crippen LogP contribution in [0.5, 0.6) is 0 Å². The van der Waals surface area contributed by atoms with Gasteiger partial charge in [0.2, 0.25) is 5.91 Å². The number of rotatable bonds is 19. The molecule has 158 valence electrons. The van der Waals surface area contributed by atoms with Gasteiger partial charge in [-0.3, -0.25) is 9.59 Å². The summed E-state index contributed by atoms with van der Waals surface area (Å²) in [5.74, 6) is -1.71. The highest BCUT2D eigenvalue weighted by molar-refractivity contribution is 5.77. The van der Waals surface area contributed by atoms with E-state index in [0.717, 1.165) is 19.3 Å². The van der Waals surface area contributed by atoms with Crippen molar-refractivity contribution in [2.75, 3.05) is 52.8 Å². The van der Waals surface area contributed by atoms with Crippen molar-refractivity contribution in [2.24, 2.45) is 0 Å². The third kappa shape index (κ3) is 20.5. The molecule has 0 unspecified atom stereocenters. The first-order valence-corrected chi connectivity index (χ1v) is 9.43. The number of amides is 1. The first kappa shape index (κ1) is 25.3. The lowest BCUT2D eigenvalue weighted by Crippen LogP contribution is -2.31. The maximum absolute atomic E-state index is 11.5. The largest absolute Gasteiger partial charge is 0.480 e. The molecule has 0 aliphatic heterocycles. The van der Waals surface area contributed by atoms with E-state index in [9.17, 15) is 14.4 Å². The van der Waals surface area contributed by atoms with Gasteiger partial charge in [0.05, 0.1) is 26.4 Å². The SMILES string of the molecule is CCCCCCCC(=O)OCCOCCOCCNC(=O)COCC(=O)O. The van der Waals surface area contributed by atoms with Gasteiger partial charge in [-0.2, -0.15) is 0 Å². The summed E-state index contributed by atoms with van der Waals surface area (Å²) in [6.45, 7) is 3.23. The molecule has 0 atom stereocenters. The van der Waals surface area contributed by atoms with E-state index < -0.39 is 18.5 Å². The van der Waals surface area contributed by atoms with Crippen LogP contribution in [0.15, 0.2) is 0 Å². The number of unbranched alkanes of at least 4 members (excludes halogenated alkanes) is 4. The van der Waals surface area contributed by atoms with E-state index in [-0.39, 0.29) is 19.2 Å². The second kappa shape index (κ2) is 19.1. The van der Waals surface area contributed by atoms with Crippen molar-refractivity contribution in [3.63, 3.8) is 0 Å². The Kier molecular flexibility index (Phi) is 17.9. The summed E-state index contributed by atoms with van der Waals surface area (Å²) in [5, 5.41) is 10.9. The summed E-state index contributed by atoms with van der Waals surface area (Å²) < 4.78 is 20.2. The van der Waals surface area contributed by atoms with Gasteiger partial charge in [-0.15, -0.1) is 0 Å². The maximum Gasteiger partial charge on any atom is 0.329 e. The lowest BCUT2D eigenvalue weighted by molar-refractivity contribution is -0.146. The smallest absolute Gasteiger partial charge is 0.329 e. The average Bonchev–Trinajstić information content (AvgIpc) is 2.62. The highest BCUT2D eigenvalue weighted by Gasteiger charge is 2.03. The first-order chi connectivity index (χ1) is 13.1. The quantitative estimate of drug-likeness (QED) is 0.248. The number of nitrogens with one attached hydrogen (secondary N) is 1. The lowest BCUT2D eigenvalue weighted by atomic mass is 10.1. The van der Waals surface area contributed by atoms with Crippen molar-refractivity contribution in [3.05, 3.63) is 0 Å². The van der Waals surface area contributed by atoms with Crippen molar-refractivity contribution >= 4 is 17.8 Å². The number of aliphatic carboxylic acids is 1. The minimum atomic E-state index is -1.12. The first-order valence-electron chi connectivity index (χ1n) is 9.43. The van der Waals surface area contributed by atoms with Gasteiger partial charge in [0.15, 0.2) is 0 Å². The van der Waals surface area contributed by atoms with Gasteiger partial charge in [-0.25, -0.2) is 4.79 Å². The summed E-state index contributed by atoms with van der Waals surface area (Å²) in [6, 6.07) is 0. The second-order valence-corrected chi connectivity index (χ2v) is 5.85. The predicted molar refractivity (Wildman–Crippen MR) is 97.4 cm³/mol. The summed E-state index contributed by atoms with van der Waals surface area (Å²) in [4.78, 5) is 32.9. The van der Waals surface area contributed by atoms with Crippen molar-refractivity contribution < 1.29 is 38.4 Å². The standard InChI is InChI=1S/C18H33NO8/c1-2-3-4-5-6-7-18(23)27-13-12-25-11-10-24-9-8-19-16(20)14-26-15-17(21)22/h2-15H2,1H3,(H,19,20)(H,21,22). The molecular formula is C18H33NO8. The molecule has 1 amide bonds. The lowest BCUT2D eigenvalue weighted by Gasteiger charge is -2.08. The van der Waals surface area contributed by atoms with Crippen LogP contribution < -0.4 is 5.32 Å². The molecule has 0 aliphatic rings. The zero-order chi connectivity index (χ0) is 20.2. The van der Waals surface area contributed by atoms with Crippen LogP contribution >= 0.6 is 0 Å². The van der Waals surface area contributed by atoms with Gasteiger partial charge in [-0.1, -0.05) is 32.6 Å². The van der Waals surface area contributed by atoms with E-state index in [2.05, 4.69) is 17.0 Å². The molecule has 0 saturated heterocycles. The molecule has 9 heteroatoms. The summed E-state index contributed by atoms with van der Waals surface area (Å²) in [7, 11) is 0. The molecule has 0 rings (SSSR count). The molecule has 0 aromatic rings. The Balaban J connectivity index is 3.25. The third-order valence-corrected chi connectivity index (χ3v) is 3.37. The van der Waals surface area contributed by atoms with Gasteiger partial charge >= 0.3 is 11.9 Å². The molecule has 2 N–H and O–H groups in total. The monoisotopic (exact) mass is 391 g/mol. The molecule has 0 bridgehead atoms. The van der Waals surface area contributed by atoms with Crippen molar-refractivity contribution in [1.29, 1.82) is 0 Å². The van der Waals surface area contributed by atoms with Gasteiger partial charge in [0.1, 0.15) is 19.8 Å². The molecule has 0 heterocycles. The van der Waals surface area contributed by atoms with E-state index in [1.807, 2.05) is 0 Å². The van der Waals surface area contributed by atoms with Gasteiger partial charge < -0.3 is 29.4 Å². The minimum Gasteiger partial charge on any atom is -0.480 e. The van der Waals surface area contributed by atoms with Crippen LogP contribution in [-0.4, -0.2) is 75.7 Å². The molecule has 0 aromatic heterocycles. The predicted octanol–water partition coefficient (Wildman–Crippen LogP) is 1.14. The molecule has 0 aliphatic carbocycles. The number of hydrogen-bond donors (Lipinski definition) is 2. The number of esters is 1. The molecular weight excluding hydrogens is 358 g/mol. The Morgan fingerprint density at radius 1 is 0.815 bits per heavy atom. The number of hydrogen-bond acceptors (Lipinski definition) is 7. The molecule has 0 spiro atoms. The molecule has 27 heavy (non-hydrogen) atoms. The summed E-state index contributed by atoms with van der Waals surface area (Å²) in [6.07, 6.45) is 5.94. The van der Waals surface area contributed by atoms with Crippen LogP contribution in [-0.2, 0) is 33.3 Å². The van der Waals surface area contributed by atoms with Gasteiger partial charge in [0.25, 0.3) is 0 Å². The van der Waals surface area contributed by atoms with Crippen LogP contribution in [0.3, 0.4) is 0 Å². The Bertz CT molecular complexity index is 403. The van der Waals surface area contributed by atoms with E-state index in [4.69, 9.17) is 19.3 Å².